The maximum atomic E-state index is 12.3. The Morgan fingerprint density at radius 1 is 1.33 bits per heavy atom. The van der Waals surface area contributed by atoms with Crippen molar-refractivity contribution in [2.75, 3.05) is 19.6 Å². The highest BCUT2D eigenvalue weighted by molar-refractivity contribution is 6.32. The molecular weight excluding hydrogens is 326 g/mol. The van der Waals surface area contributed by atoms with Crippen LogP contribution in [0.3, 0.4) is 0 Å². The minimum absolute atomic E-state index is 0.113. The van der Waals surface area contributed by atoms with Gasteiger partial charge < -0.3 is 15.4 Å². The second-order valence-corrected chi connectivity index (χ2v) is 6.26. The molecule has 0 radical (unpaired) electrons. The van der Waals surface area contributed by atoms with Crippen LogP contribution in [0.1, 0.15) is 23.2 Å². The molecule has 1 saturated heterocycles. The number of halogens is 1. The Bertz CT molecular complexity index is 688. The molecule has 0 aliphatic carbocycles. The van der Waals surface area contributed by atoms with Gasteiger partial charge in [0.2, 0.25) is 0 Å². The van der Waals surface area contributed by atoms with E-state index in [4.69, 9.17) is 16.3 Å². The molecule has 1 aliphatic heterocycles. The number of benzene rings is 1. The maximum Gasteiger partial charge on any atom is 0.251 e. The van der Waals surface area contributed by atoms with E-state index in [1.807, 2.05) is 0 Å². The summed E-state index contributed by atoms with van der Waals surface area (Å²) in [5.41, 5.74) is 0.533. The Morgan fingerprint density at radius 2 is 2.17 bits per heavy atom. The molecule has 1 aliphatic rings. The van der Waals surface area contributed by atoms with Crippen molar-refractivity contribution in [1.29, 1.82) is 0 Å². The molecule has 0 spiro atoms. The molecule has 2 N–H and O–H groups in total. The van der Waals surface area contributed by atoms with Gasteiger partial charge in [0.15, 0.2) is 0 Å². The standard InChI is InChI=1S/C18H20ClN3O2/c19-16-10-14(18(23)22-12-13-2-1-7-21-11-13)3-4-17(16)24-15-5-8-20-9-6-15/h3-6,8-10,13,21H,1-2,7,11-12H2,(H,22,23). The smallest absolute Gasteiger partial charge is 0.251 e. The number of pyridine rings is 1. The number of ether oxygens (including phenoxy) is 1. The summed E-state index contributed by atoms with van der Waals surface area (Å²) in [4.78, 5) is 16.2. The largest absolute Gasteiger partial charge is 0.456 e. The summed E-state index contributed by atoms with van der Waals surface area (Å²) in [7, 11) is 0. The number of amides is 1. The molecule has 1 aromatic heterocycles. The third-order valence-electron chi connectivity index (χ3n) is 4.02. The number of carbonyl (C=O) groups excluding carboxylic acids is 1. The van der Waals surface area contributed by atoms with Crippen LogP contribution in [0.25, 0.3) is 0 Å². The Morgan fingerprint density at radius 3 is 2.88 bits per heavy atom. The van der Waals surface area contributed by atoms with E-state index >= 15 is 0 Å². The fourth-order valence-electron chi connectivity index (χ4n) is 2.70. The molecule has 0 bridgehead atoms. The SMILES string of the molecule is O=C(NCC1CCCNC1)c1ccc(Oc2ccncc2)c(Cl)c1. The molecule has 3 rings (SSSR count). The highest BCUT2D eigenvalue weighted by Crippen LogP contribution is 2.29. The maximum absolute atomic E-state index is 12.3. The van der Waals surface area contributed by atoms with Gasteiger partial charge >= 0.3 is 0 Å². The van der Waals surface area contributed by atoms with Gasteiger partial charge in [0, 0.05) is 24.5 Å². The molecule has 6 heteroatoms. The number of hydrogen-bond acceptors (Lipinski definition) is 4. The third-order valence-corrected chi connectivity index (χ3v) is 4.32. The molecule has 1 aromatic carbocycles. The molecule has 0 saturated carbocycles. The van der Waals surface area contributed by atoms with Crippen LogP contribution < -0.4 is 15.4 Å². The summed E-state index contributed by atoms with van der Waals surface area (Å²) in [6.07, 6.45) is 5.59. The first-order valence-corrected chi connectivity index (χ1v) is 8.46. The van der Waals surface area contributed by atoms with E-state index < -0.39 is 0 Å². The minimum Gasteiger partial charge on any atom is -0.456 e. The van der Waals surface area contributed by atoms with Crippen molar-refractivity contribution >= 4 is 17.5 Å². The molecule has 126 valence electrons. The fourth-order valence-corrected chi connectivity index (χ4v) is 2.91. The van der Waals surface area contributed by atoms with Gasteiger partial charge in [-0.15, -0.1) is 0 Å². The molecule has 2 aromatic rings. The van der Waals surface area contributed by atoms with Crippen LogP contribution in [0.4, 0.5) is 0 Å². The summed E-state index contributed by atoms with van der Waals surface area (Å²) in [6.45, 7) is 2.71. The van der Waals surface area contributed by atoms with Crippen LogP contribution >= 0.6 is 11.6 Å². The lowest BCUT2D eigenvalue weighted by molar-refractivity contribution is 0.0945. The van der Waals surface area contributed by atoms with E-state index in [1.54, 1.807) is 42.7 Å². The Hall–Kier alpha value is -2.11. The van der Waals surface area contributed by atoms with Gasteiger partial charge in [-0.05, 0) is 62.2 Å². The Balaban J connectivity index is 1.60. The van der Waals surface area contributed by atoms with E-state index in [1.165, 1.54) is 0 Å². The van der Waals surface area contributed by atoms with Crippen LogP contribution in [-0.4, -0.2) is 30.5 Å². The van der Waals surface area contributed by atoms with Gasteiger partial charge in [-0.1, -0.05) is 11.6 Å². The third kappa shape index (κ3) is 4.46. The summed E-state index contributed by atoms with van der Waals surface area (Å²) in [5, 5.41) is 6.72. The normalized spacial score (nSPS) is 17.3. The predicted molar refractivity (Wildman–Crippen MR) is 93.7 cm³/mol. The summed E-state index contributed by atoms with van der Waals surface area (Å²) in [6, 6.07) is 8.55. The Labute approximate surface area is 146 Å². The highest BCUT2D eigenvalue weighted by atomic mass is 35.5. The number of aromatic nitrogens is 1. The lowest BCUT2D eigenvalue weighted by Crippen LogP contribution is -2.38. The van der Waals surface area contributed by atoms with Crippen molar-refractivity contribution in [3.05, 3.63) is 53.3 Å². The number of carbonyl (C=O) groups is 1. The van der Waals surface area contributed by atoms with Gasteiger partial charge in [0.05, 0.1) is 5.02 Å². The first-order valence-electron chi connectivity index (χ1n) is 8.09. The van der Waals surface area contributed by atoms with Crippen LogP contribution in [0, 0.1) is 5.92 Å². The van der Waals surface area contributed by atoms with Crippen molar-refractivity contribution in [2.45, 2.75) is 12.8 Å². The highest BCUT2D eigenvalue weighted by Gasteiger charge is 2.15. The van der Waals surface area contributed by atoms with Crippen LogP contribution in [0.15, 0.2) is 42.7 Å². The van der Waals surface area contributed by atoms with E-state index in [-0.39, 0.29) is 5.91 Å². The van der Waals surface area contributed by atoms with Gasteiger partial charge in [0.1, 0.15) is 11.5 Å². The average Bonchev–Trinajstić information content (AvgIpc) is 2.63. The van der Waals surface area contributed by atoms with E-state index in [0.29, 0.717) is 34.5 Å². The van der Waals surface area contributed by atoms with Crippen molar-refractivity contribution in [3.63, 3.8) is 0 Å². The van der Waals surface area contributed by atoms with Gasteiger partial charge in [-0.3, -0.25) is 9.78 Å². The summed E-state index contributed by atoms with van der Waals surface area (Å²) in [5.74, 6) is 1.54. The molecule has 2 heterocycles. The minimum atomic E-state index is -0.113. The monoisotopic (exact) mass is 345 g/mol. The molecule has 24 heavy (non-hydrogen) atoms. The van der Waals surface area contributed by atoms with Crippen molar-refractivity contribution in [1.82, 2.24) is 15.6 Å². The molecule has 1 fully saturated rings. The second kappa shape index (κ2) is 8.13. The first kappa shape index (κ1) is 16.7. The zero-order chi connectivity index (χ0) is 16.8. The number of piperidine rings is 1. The fraction of sp³-hybridized carbons (Fsp3) is 0.333. The number of hydrogen-bond donors (Lipinski definition) is 2. The molecule has 1 unspecified atom stereocenters. The van der Waals surface area contributed by atoms with E-state index in [2.05, 4.69) is 15.6 Å². The topological polar surface area (TPSA) is 63.2 Å². The van der Waals surface area contributed by atoms with Crippen molar-refractivity contribution < 1.29 is 9.53 Å². The van der Waals surface area contributed by atoms with Gasteiger partial charge in [-0.2, -0.15) is 0 Å². The van der Waals surface area contributed by atoms with E-state index in [0.717, 1.165) is 25.9 Å². The van der Waals surface area contributed by atoms with Crippen LogP contribution in [-0.2, 0) is 0 Å². The average molecular weight is 346 g/mol. The number of nitrogens with one attached hydrogen (secondary N) is 2. The van der Waals surface area contributed by atoms with Crippen LogP contribution in [0.2, 0.25) is 5.02 Å². The lowest BCUT2D eigenvalue weighted by Gasteiger charge is -2.22. The Kier molecular flexibility index (Phi) is 5.67. The summed E-state index contributed by atoms with van der Waals surface area (Å²) >= 11 is 6.24. The van der Waals surface area contributed by atoms with Gasteiger partial charge in [0.25, 0.3) is 5.91 Å². The van der Waals surface area contributed by atoms with E-state index in [9.17, 15) is 4.79 Å². The number of nitrogens with zero attached hydrogens (tertiary/aromatic N) is 1. The molecule has 1 atom stereocenters. The predicted octanol–water partition coefficient (Wildman–Crippen LogP) is 3.26. The second-order valence-electron chi connectivity index (χ2n) is 5.85. The zero-order valence-corrected chi connectivity index (χ0v) is 14.1. The lowest BCUT2D eigenvalue weighted by atomic mass is 9.99. The molecule has 1 amide bonds. The first-order chi connectivity index (χ1) is 11.7. The quantitative estimate of drug-likeness (QED) is 0.873. The van der Waals surface area contributed by atoms with Crippen LogP contribution in [0.5, 0.6) is 11.5 Å². The molecule has 5 nitrogen and oxygen atoms in total. The molecular formula is C18H20ClN3O2. The van der Waals surface area contributed by atoms with Crippen molar-refractivity contribution in [2.24, 2.45) is 5.92 Å². The van der Waals surface area contributed by atoms with Gasteiger partial charge in [-0.25, -0.2) is 0 Å². The zero-order valence-electron chi connectivity index (χ0n) is 13.3. The summed E-state index contributed by atoms with van der Waals surface area (Å²) < 4.78 is 5.69. The van der Waals surface area contributed by atoms with Crippen molar-refractivity contribution in [3.8, 4) is 11.5 Å². The number of rotatable bonds is 5.